The third kappa shape index (κ3) is 4.47. The second kappa shape index (κ2) is 7.84. The molecule has 0 unspecified atom stereocenters. The lowest BCUT2D eigenvalue weighted by molar-refractivity contribution is -0.139. The van der Waals surface area contributed by atoms with Gasteiger partial charge in [-0.25, -0.2) is 4.79 Å². The number of hydrogen-bond acceptors (Lipinski definition) is 5. The molecule has 0 radical (unpaired) electrons. The first kappa shape index (κ1) is 16.4. The predicted molar refractivity (Wildman–Crippen MR) is 82.3 cm³/mol. The fraction of sp³-hybridized carbons (Fsp3) is 0.176. The Morgan fingerprint density at radius 1 is 1.09 bits per heavy atom. The van der Waals surface area contributed by atoms with Crippen LogP contribution in [-0.4, -0.2) is 31.1 Å². The molecule has 0 aromatic heterocycles. The number of aliphatic carboxylic acids is 1. The number of methoxy groups -OCH3 is 1. The van der Waals surface area contributed by atoms with Crippen molar-refractivity contribution in [2.75, 3.05) is 13.7 Å². The summed E-state index contributed by atoms with van der Waals surface area (Å²) in [4.78, 5) is 21.7. The second-order valence-electron chi connectivity index (χ2n) is 4.62. The smallest absolute Gasteiger partial charge is 0.341 e. The lowest BCUT2D eigenvalue weighted by atomic mass is 10.2. The number of hydrogen-bond donors (Lipinski definition) is 1. The molecule has 2 aromatic carbocycles. The quantitative estimate of drug-likeness (QED) is 0.754. The Hall–Kier alpha value is -3.02. The molecule has 6 nitrogen and oxygen atoms in total. The number of carbonyl (C=O) groups excluding carboxylic acids is 1. The average Bonchev–Trinajstić information content (AvgIpc) is 2.58. The van der Waals surface area contributed by atoms with Gasteiger partial charge >= 0.3 is 5.97 Å². The van der Waals surface area contributed by atoms with Gasteiger partial charge in [0.25, 0.3) is 0 Å². The first-order valence-electron chi connectivity index (χ1n) is 6.82. The van der Waals surface area contributed by atoms with E-state index in [0.29, 0.717) is 24.4 Å². The molecular formula is C17H16O6. The van der Waals surface area contributed by atoms with Gasteiger partial charge in [-0.2, -0.15) is 0 Å². The summed E-state index contributed by atoms with van der Waals surface area (Å²) in [5.74, 6) is -0.274. The lowest BCUT2D eigenvalue weighted by Gasteiger charge is -2.14. The minimum atomic E-state index is -1.13. The molecule has 0 saturated heterocycles. The molecule has 0 aliphatic carbocycles. The number of benzene rings is 2. The average molecular weight is 316 g/mol. The predicted octanol–water partition coefficient (Wildman–Crippen LogP) is 2.55. The van der Waals surface area contributed by atoms with E-state index in [0.717, 1.165) is 5.56 Å². The van der Waals surface area contributed by atoms with Crippen LogP contribution in [0.5, 0.6) is 17.2 Å². The van der Waals surface area contributed by atoms with Crippen molar-refractivity contribution in [3.8, 4) is 17.2 Å². The molecule has 0 spiro atoms. The lowest BCUT2D eigenvalue weighted by Crippen LogP contribution is -2.11. The molecule has 0 amide bonds. The Balaban J connectivity index is 2.23. The minimum Gasteiger partial charge on any atom is -0.493 e. The topological polar surface area (TPSA) is 82.1 Å². The summed E-state index contributed by atoms with van der Waals surface area (Å²) in [6.45, 7) is -0.249. The Kier molecular flexibility index (Phi) is 5.57. The molecule has 23 heavy (non-hydrogen) atoms. The molecule has 120 valence electrons. The molecule has 2 aromatic rings. The number of rotatable bonds is 8. The van der Waals surface area contributed by atoms with Crippen LogP contribution in [-0.2, 0) is 11.4 Å². The van der Waals surface area contributed by atoms with Crippen LogP contribution in [0.1, 0.15) is 15.9 Å². The summed E-state index contributed by atoms with van der Waals surface area (Å²) in [7, 11) is 1.46. The van der Waals surface area contributed by atoms with Gasteiger partial charge in [-0.3, -0.25) is 4.79 Å². The van der Waals surface area contributed by atoms with Crippen molar-refractivity contribution in [1.82, 2.24) is 0 Å². The van der Waals surface area contributed by atoms with Crippen molar-refractivity contribution in [3.05, 3.63) is 53.6 Å². The molecule has 0 atom stereocenters. The van der Waals surface area contributed by atoms with Crippen LogP contribution in [0.2, 0.25) is 0 Å². The van der Waals surface area contributed by atoms with Crippen LogP contribution in [0, 0.1) is 0 Å². The molecule has 1 N–H and O–H groups in total. The zero-order chi connectivity index (χ0) is 16.7. The molecule has 0 saturated carbocycles. The van der Waals surface area contributed by atoms with E-state index >= 15 is 0 Å². The van der Waals surface area contributed by atoms with E-state index in [2.05, 4.69) is 0 Å². The Morgan fingerprint density at radius 3 is 2.43 bits per heavy atom. The van der Waals surface area contributed by atoms with Crippen molar-refractivity contribution >= 4 is 12.3 Å². The van der Waals surface area contributed by atoms with Crippen molar-refractivity contribution in [1.29, 1.82) is 0 Å². The molecular weight excluding hydrogens is 300 g/mol. The van der Waals surface area contributed by atoms with E-state index in [1.54, 1.807) is 0 Å². The first-order chi connectivity index (χ1) is 11.1. The van der Waals surface area contributed by atoms with Gasteiger partial charge in [0, 0.05) is 6.07 Å². The number of carboxylic acids is 1. The van der Waals surface area contributed by atoms with Crippen molar-refractivity contribution in [2.45, 2.75) is 6.61 Å². The summed E-state index contributed by atoms with van der Waals surface area (Å²) >= 11 is 0. The van der Waals surface area contributed by atoms with Crippen LogP contribution in [0.3, 0.4) is 0 Å². The van der Waals surface area contributed by atoms with Crippen molar-refractivity contribution in [3.63, 3.8) is 0 Å². The minimum absolute atomic E-state index is 0.131. The SMILES string of the molecule is COc1cc(C=O)c(OCC(=O)O)cc1OCc1ccccc1. The van der Waals surface area contributed by atoms with Crippen molar-refractivity contribution < 1.29 is 28.9 Å². The van der Waals surface area contributed by atoms with Crippen LogP contribution < -0.4 is 14.2 Å². The van der Waals surface area contributed by atoms with Gasteiger partial charge in [0.1, 0.15) is 12.4 Å². The number of carbonyl (C=O) groups is 2. The highest BCUT2D eigenvalue weighted by molar-refractivity contribution is 5.81. The van der Waals surface area contributed by atoms with Crippen molar-refractivity contribution in [2.24, 2.45) is 0 Å². The monoisotopic (exact) mass is 316 g/mol. The van der Waals surface area contributed by atoms with Crippen LogP contribution in [0.25, 0.3) is 0 Å². The standard InChI is InChI=1S/C17H16O6/c1-21-15-7-13(9-18)14(23-11-17(19)20)8-16(15)22-10-12-5-3-2-4-6-12/h2-9H,10-11H2,1H3,(H,19,20). The van der Waals surface area contributed by atoms with E-state index in [1.807, 2.05) is 30.3 Å². The van der Waals surface area contributed by atoms with Gasteiger partial charge in [0.15, 0.2) is 24.4 Å². The molecule has 6 heteroatoms. The maximum absolute atomic E-state index is 11.1. The normalized spacial score (nSPS) is 9.96. The Labute approximate surface area is 133 Å². The Bertz CT molecular complexity index is 681. The van der Waals surface area contributed by atoms with Gasteiger partial charge in [-0.05, 0) is 11.6 Å². The largest absolute Gasteiger partial charge is 0.493 e. The zero-order valence-corrected chi connectivity index (χ0v) is 12.5. The number of ether oxygens (including phenoxy) is 3. The zero-order valence-electron chi connectivity index (χ0n) is 12.5. The fourth-order valence-electron chi connectivity index (χ4n) is 1.92. The van der Waals surface area contributed by atoms with Crippen LogP contribution in [0.4, 0.5) is 0 Å². The van der Waals surface area contributed by atoms with Gasteiger partial charge < -0.3 is 19.3 Å². The molecule has 0 fully saturated rings. The molecule has 0 bridgehead atoms. The number of aldehydes is 1. The third-order valence-electron chi connectivity index (χ3n) is 3.01. The molecule has 2 rings (SSSR count). The first-order valence-corrected chi connectivity index (χ1v) is 6.82. The fourth-order valence-corrected chi connectivity index (χ4v) is 1.92. The van der Waals surface area contributed by atoms with E-state index in [9.17, 15) is 9.59 Å². The summed E-state index contributed by atoms with van der Waals surface area (Å²) in [5.41, 5.74) is 1.15. The van der Waals surface area contributed by atoms with E-state index in [-0.39, 0.29) is 11.3 Å². The maximum Gasteiger partial charge on any atom is 0.341 e. The summed E-state index contributed by atoms with van der Waals surface area (Å²) in [6, 6.07) is 12.4. The van der Waals surface area contributed by atoms with Crippen LogP contribution >= 0.6 is 0 Å². The summed E-state index contributed by atoms with van der Waals surface area (Å²) < 4.78 is 16.0. The highest BCUT2D eigenvalue weighted by atomic mass is 16.5. The van der Waals surface area contributed by atoms with Gasteiger partial charge in [0.05, 0.1) is 12.7 Å². The summed E-state index contributed by atoms with van der Waals surface area (Å²) in [5, 5.41) is 8.69. The highest BCUT2D eigenvalue weighted by Gasteiger charge is 2.14. The number of carboxylic acid groups (broad SMARTS) is 1. The molecule has 0 aliphatic heterocycles. The Morgan fingerprint density at radius 2 is 1.83 bits per heavy atom. The van der Waals surface area contributed by atoms with E-state index < -0.39 is 12.6 Å². The molecule has 0 aliphatic rings. The molecule has 0 heterocycles. The van der Waals surface area contributed by atoms with E-state index in [1.165, 1.54) is 19.2 Å². The van der Waals surface area contributed by atoms with Gasteiger partial charge in [-0.1, -0.05) is 30.3 Å². The maximum atomic E-state index is 11.1. The van der Waals surface area contributed by atoms with E-state index in [4.69, 9.17) is 19.3 Å². The summed E-state index contributed by atoms with van der Waals surface area (Å²) in [6.07, 6.45) is 0.570. The van der Waals surface area contributed by atoms with Crippen LogP contribution in [0.15, 0.2) is 42.5 Å². The second-order valence-corrected chi connectivity index (χ2v) is 4.62. The third-order valence-corrected chi connectivity index (χ3v) is 3.01. The van der Waals surface area contributed by atoms with Gasteiger partial charge in [-0.15, -0.1) is 0 Å². The van der Waals surface area contributed by atoms with Gasteiger partial charge in [0.2, 0.25) is 0 Å². The highest BCUT2D eigenvalue weighted by Crippen LogP contribution is 2.34.